The number of thioether (sulfide) groups is 1. The van der Waals surface area contributed by atoms with Gasteiger partial charge in [-0.3, -0.25) is 0 Å². The molecule has 0 spiro atoms. The molecule has 0 fully saturated rings. The molecule has 0 aliphatic carbocycles. The molecule has 26 heavy (non-hydrogen) atoms. The Hall–Kier alpha value is -3.00. The van der Waals surface area contributed by atoms with Gasteiger partial charge in [0.1, 0.15) is 17.1 Å². The van der Waals surface area contributed by atoms with Crippen LogP contribution in [-0.2, 0) is 5.75 Å². The molecule has 4 rings (SSSR count). The number of aryl methyl sites for hydroxylation is 2. The predicted molar refractivity (Wildman–Crippen MR) is 95.2 cm³/mol. The van der Waals surface area contributed by atoms with Gasteiger partial charge in [0.05, 0.1) is 11.8 Å². The number of nitrogens with zero attached hydrogens (tertiary/aromatic N) is 2. The lowest BCUT2D eigenvalue weighted by Gasteiger charge is -2.07. The summed E-state index contributed by atoms with van der Waals surface area (Å²) in [6, 6.07) is 6.51. The van der Waals surface area contributed by atoms with E-state index < -0.39 is 5.63 Å². The van der Waals surface area contributed by atoms with Gasteiger partial charge < -0.3 is 18.4 Å². The predicted octanol–water partition coefficient (Wildman–Crippen LogP) is 4.05. The summed E-state index contributed by atoms with van der Waals surface area (Å²) in [5, 5.41) is 19.0. The van der Waals surface area contributed by atoms with Crippen molar-refractivity contribution in [3.63, 3.8) is 0 Å². The normalized spacial score (nSPS) is 11.3. The summed E-state index contributed by atoms with van der Waals surface area (Å²) < 4.78 is 16.1. The summed E-state index contributed by atoms with van der Waals surface area (Å²) in [5.74, 6) is 1.62. The molecule has 0 saturated carbocycles. The molecule has 3 heterocycles. The zero-order valence-corrected chi connectivity index (χ0v) is 14.8. The summed E-state index contributed by atoms with van der Waals surface area (Å²) in [6.45, 7) is 3.52. The first-order valence-corrected chi connectivity index (χ1v) is 8.77. The highest BCUT2D eigenvalue weighted by Gasteiger charge is 2.15. The van der Waals surface area contributed by atoms with Crippen LogP contribution in [0.3, 0.4) is 0 Å². The van der Waals surface area contributed by atoms with Gasteiger partial charge in [-0.25, -0.2) is 4.79 Å². The molecule has 0 bridgehead atoms. The van der Waals surface area contributed by atoms with Crippen molar-refractivity contribution in [3.8, 4) is 17.2 Å². The Bertz CT molecular complexity index is 1160. The van der Waals surface area contributed by atoms with Crippen molar-refractivity contribution in [1.82, 2.24) is 10.2 Å². The van der Waals surface area contributed by atoms with E-state index in [4.69, 9.17) is 13.3 Å². The van der Waals surface area contributed by atoms with E-state index >= 15 is 0 Å². The SMILES string of the molecule is Cc1occc1-c1nnc(SCc2cc(=O)oc3c(C)c(O)ccc23)o1. The van der Waals surface area contributed by atoms with E-state index in [9.17, 15) is 9.90 Å². The molecule has 4 aromatic rings. The van der Waals surface area contributed by atoms with E-state index in [1.807, 2.05) is 6.92 Å². The average molecular weight is 370 g/mol. The molecule has 0 amide bonds. The highest BCUT2D eigenvalue weighted by molar-refractivity contribution is 7.98. The minimum atomic E-state index is -0.470. The fourth-order valence-electron chi connectivity index (χ4n) is 2.66. The Morgan fingerprint density at radius 1 is 1.15 bits per heavy atom. The van der Waals surface area contributed by atoms with E-state index in [0.717, 1.165) is 16.5 Å². The van der Waals surface area contributed by atoms with Crippen molar-refractivity contribution in [1.29, 1.82) is 0 Å². The van der Waals surface area contributed by atoms with Gasteiger partial charge in [0, 0.05) is 22.8 Å². The maximum absolute atomic E-state index is 11.9. The van der Waals surface area contributed by atoms with Crippen LogP contribution < -0.4 is 5.63 Å². The molecule has 3 aromatic heterocycles. The number of aromatic nitrogens is 2. The van der Waals surface area contributed by atoms with Crippen molar-refractivity contribution >= 4 is 22.7 Å². The van der Waals surface area contributed by atoms with E-state index in [1.165, 1.54) is 17.8 Å². The fraction of sp³-hybridized carbons (Fsp3) is 0.167. The average Bonchev–Trinajstić information content (AvgIpc) is 3.25. The molecule has 0 aliphatic rings. The molecule has 0 saturated heterocycles. The number of hydrogen-bond acceptors (Lipinski definition) is 8. The van der Waals surface area contributed by atoms with Crippen LogP contribution in [0.2, 0.25) is 0 Å². The van der Waals surface area contributed by atoms with Crippen LogP contribution in [0.4, 0.5) is 0 Å². The second-order valence-corrected chi connectivity index (χ2v) is 6.66. The topological polar surface area (TPSA) is 102 Å². The van der Waals surface area contributed by atoms with Gasteiger partial charge in [-0.15, -0.1) is 10.2 Å². The minimum Gasteiger partial charge on any atom is -0.508 e. The van der Waals surface area contributed by atoms with Crippen LogP contribution in [0.1, 0.15) is 16.9 Å². The Morgan fingerprint density at radius 3 is 2.77 bits per heavy atom. The number of phenols is 1. The lowest BCUT2D eigenvalue weighted by Crippen LogP contribution is -2.01. The van der Waals surface area contributed by atoms with E-state index in [0.29, 0.717) is 33.8 Å². The first kappa shape index (κ1) is 16.5. The summed E-state index contributed by atoms with van der Waals surface area (Å²) in [4.78, 5) is 11.9. The van der Waals surface area contributed by atoms with E-state index in [-0.39, 0.29) is 5.75 Å². The van der Waals surface area contributed by atoms with E-state index in [1.54, 1.807) is 31.4 Å². The monoisotopic (exact) mass is 370 g/mol. The summed E-state index contributed by atoms with van der Waals surface area (Å²) in [7, 11) is 0. The third-order valence-electron chi connectivity index (χ3n) is 4.06. The molecule has 0 radical (unpaired) electrons. The Morgan fingerprint density at radius 2 is 2.00 bits per heavy atom. The van der Waals surface area contributed by atoms with Crippen molar-refractivity contribution in [2.75, 3.05) is 0 Å². The third-order valence-corrected chi connectivity index (χ3v) is 4.93. The molecule has 0 atom stereocenters. The van der Waals surface area contributed by atoms with Gasteiger partial charge in [0.25, 0.3) is 11.1 Å². The Kier molecular flexibility index (Phi) is 4.04. The fourth-order valence-corrected chi connectivity index (χ4v) is 3.41. The quantitative estimate of drug-likeness (QED) is 0.424. The van der Waals surface area contributed by atoms with Gasteiger partial charge >= 0.3 is 5.63 Å². The Balaban J connectivity index is 1.63. The van der Waals surface area contributed by atoms with Crippen LogP contribution in [0, 0.1) is 13.8 Å². The molecule has 0 aliphatic heterocycles. The third kappa shape index (κ3) is 2.88. The number of fused-ring (bicyclic) bond motifs is 1. The van der Waals surface area contributed by atoms with Crippen molar-refractivity contribution in [2.24, 2.45) is 0 Å². The lowest BCUT2D eigenvalue weighted by molar-refractivity contribution is 0.463. The molecule has 1 N–H and O–H groups in total. The second-order valence-electron chi connectivity index (χ2n) is 5.73. The van der Waals surface area contributed by atoms with Gasteiger partial charge in [0.2, 0.25) is 0 Å². The first-order chi connectivity index (χ1) is 12.5. The largest absolute Gasteiger partial charge is 0.508 e. The standard InChI is InChI=1S/C18H14N2O5S/c1-9-14(21)4-3-13-11(7-15(22)24-16(9)13)8-26-18-20-19-17(25-18)12-5-6-23-10(12)2/h3-7,21H,8H2,1-2H3. The van der Waals surface area contributed by atoms with Crippen LogP contribution in [0.5, 0.6) is 5.75 Å². The smallest absolute Gasteiger partial charge is 0.336 e. The number of hydrogen-bond donors (Lipinski definition) is 1. The van der Waals surface area contributed by atoms with Crippen LogP contribution in [0.25, 0.3) is 22.4 Å². The second kappa shape index (κ2) is 6.38. The Labute approximate surface area is 151 Å². The molecule has 7 nitrogen and oxygen atoms in total. The molecule has 0 unspecified atom stereocenters. The zero-order chi connectivity index (χ0) is 18.3. The summed E-state index contributed by atoms with van der Waals surface area (Å²) in [5.41, 5.74) is 1.96. The zero-order valence-electron chi connectivity index (χ0n) is 14.0. The van der Waals surface area contributed by atoms with Crippen molar-refractivity contribution in [2.45, 2.75) is 24.8 Å². The van der Waals surface area contributed by atoms with Crippen LogP contribution >= 0.6 is 11.8 Å². The van der Waals surface area contributed by atoms with Crippen LogP contribution in [0.15, 0.2) is 53.8 Å². The summed E-state index contributed by atoms with van der Waals surface area (Å²) in [6.07, 6.45) is 1.56. The number of phenolic OH excluding ortho intramolecular Hbond substituents is 1. The number of furan rings is 1. The summed E-state index contributed by atoms with van der Waals surface area (Å²) >= 11 is 1.32. The minimum absolute atomic E-state index is 0.0856. The first-order valence-electron chi connectivity index (χ1n) is 7.79. The molecule has 132 valence electrons. The molecule has 8 heteroatoms. The van der Waals surface area contributed by atoms with Gasteiger partial charge in [0.15, 0.2) is 0 Å². The van der Waals surface area contributed by atoms with E-state index in [2.05, 4.69) is 10.2 Å². The maximum Gasteiger partial charge on any atom is 0.336 e. The van der Waals surface area contributed by atoms with Gasteiger partial charge in [-0.2, -0.15) is 0 Å². The lowest BCUT2D eigenvalue weighted by atomic mass is 10.1. The number of aromatic hydroxyl groups is 1. The molecule has 1 aromatic carbocycles. The van der Waals surface area contributed by atoms with Crippen LogP contribution in [-0.4, -0.2) is 15.3 Å². The van der Waals surface area contributed by atoms with Gasteiger partial charge in [-0.05, 0) is 37.6 Å². The highest BCUT2D eigenvalue weighted by atomic mass is 32.2. The number of rotatable bonds is 4. The highest BCUT2D eigenvalue weighted by Crippen LogP contribution is 2.32. The van der Waals surface area contributed by atoms with Gasteiger partial charge in [-0.1, -0.05) is 11.8 Å². The molecular formula is C18H14N2O5S. The van der Waals surface area contributed by atoms with Crippen molar-refractivity contribution in [3.05, 3.63) is 57.8 Å². The molecular weight excluding hydrogens is 356 g/mol. The number of benzene rings is 1. The van der Waals surface area contributed by atoms with Crippen molar-refractivity contribution < 1.29 is 18.4 Å². The maximum atomic E-state index is 11.9.